The molecule has 0 amide bonds. The highest BCUT2D eigenvalue weighted by atomic mass is 15.1. The summed E-state index contributed by atoms with van der Waals surface area (Å²) in [4.78, 5) is 0. The van der Waals surface area contributed by atoms with Crippen molar-refractivity contribution in [3.05, 3.63) is 53.3 Å². The minimum absolute atomic E-state index is 0.326. The van der Waals surface area contributed by atoms with Gasteiger partial charge in [-0.3, -0.25) is 5.10 Å². The molecule has 94 valence electrons. The lowest BCUT2D eigenvalue weighted by Gasteiger charge is -2.12. The molecule has 3 heteroatoms. The Morgan fingerprint density at radius 3 is 2.72 bits per heavy atom. The number of rotatable bonds is 5. The Balaban J connectivity index is 1.56. The minimum Gasteiger partial charge on any atom is -0.306 e. The van der Waals surface area contributed by atoms with Gasteiger partial charge in [-0.1, -0.05) is 24.3 Å². The van der Waals surface area contributed by atoms with Gasteiger partial charge in [0.2, 0.25) is 0 Å². The summed E-state index contributed by atoms with van der Waals surface area (Å²) in [5.74, 6) is 0.844. The second-order valence-corrected chi connectivity index (χ2v) is 5.15. The number of H-pyrrole nitrogens is 1. The van der Waals surface area contributed by atoms with Crippen LogP contribution >= 0.6 is 0 Å². The topological polar surface area (TPSA) is 40.7 Å². The van der Waals surface area contributed by atoms with Gasteiger partial charge in [0.25, 0.3) is 0 Å². The highest BCUT2D eigenvalue weighted by Gasteiger charge is 2.22. The predicted molar refractivity (Wildman–Crippen MR) is 72.3 cm³/mol. The maximum atomic E-state index is 3.97. The maximum absolute atomic E-state index is 3.97. The second-order valence-electron chi connectivity index (χ2n) is 5.15. The summed E-state index contributed by atoms with van der Waals surface area (Å²) in [5.41, 5.74) is 4.04. The molecule has 0 bridgehead atoms. The predicted octanol–water partition coefficient (Wildman–Crippen LogP) is 3.14. The summed E-state index contributed by atoms with van der Waals surface area (Å²) < 4.78 is 0. The van der Waals surface area contributed by atoms with Gasteiger partial charge in [-0.25, -0.2) is 0 Å². The first kappa shape index (κ1) is 11.5. The lowest BCUT2D eigenvalue weighted by atomic mass is 10.1. The van der Waals surface area contributed by atoms with Crippen LogP contribution < -0.4 is 5.32 Å². The average Bonchev–Trinajstić information content (AvgIpc) is 3.11. The number of nitrogens with zero attached hydrogens (tertiary/aromatic N) is 1. The molecule has 18 heavy (non-hydrogen) atoms. The molecular weight excluding hydrogens is 222 g/mol. The summed E-state index contributed by atoms with van der Waals surface area (Å²) in [7, 11) is 0. The van der Waals surface area contributed by atoms with Gasteiger partial charge >= 0.3 is 0 Å². The van der Waals surface area contributed by atoms with Crippen molar-refractivity contribution in [1.82, 2.24) is 15.5 Å². The van der Waals surface area contributed by atoms with Crippen molar-refractivity contribution < 1.29 is 0 Å². The van der Waals surface area contributed by atoms with E-state index >= 15 is 0 Å². The standard InChI is InChI=1S/C15H19N3/c1-11(15-9-17-18-10-15)16-8-12-2-4-13(5-3-12)14-6-7-14/h2-5,9-11,14,16H,6-8H2,1H3,(H,17,18). The van der Waals surface area contributed by atoms with Gasteiger partial charge in [-0.2, -0.15) is 5.10 Å². The first-order valence-electron chi connectivity index (χ1n) is 6.64. The second kappa shape index (κ2) is 4.94. The number of nitrogens with one attached hydrogen (secondary N) is 2. The fraction of sp³-hybridized carbons (Fsp3) is 0.400. The summed E-state index contributed by atoms with van der Waals surface area (Å²) in [6.07, 6.45) is 6.55. The van der Waals surface area contributed by atoms with E-state index in [0.717, 1.165) is 12.5 Å². The summed E-state index contributed by atoms with van der Waals surface area (Å²) in [6, 6.07) is 9.35. The Hall–Kier alpha value is -1.61. The zero-order valence-electron chi connectivity index (χ0n) is 10.7. The zero-order chi connectivity index (χ0) is 12.4. The van der Waals surface area contributed by atoms with E-state index in [1.807, 2.05) is 12.4 Å². The van der Waals surface area contributed by atoms with Crippen molar-refractivity contribution in [1.29, 1.82) is 0 Å². The van der Waals surface area contributed by atoms with Gasteiger partial charge < -0.3 is 5.32 Å². The van der Waals surface area contributed by atoms with Gasteiger partial charge in [0.15, 0.2) is 0 Å². The third-order valence-electron chi connectivity index (χ3n) is 3.66. The van der Waals surface area contributed by atoms with E-state index < -0.39 is 0 Å². The Labute approximate surface area is 108 Å². The maximum Gasteiger partial charge on any atom is 0.0534 e. The van der Waals surface area contributed by atoms with Crippen molar-refractivity contribution in [2.75, 3.05) is 0 Å². The van der Waals surface area contributed by atoms with Crippen LogP contribution in [0, 0.1) is 0 Å². The molecule has 0 saturated heterocycles. The molecule has 1 fully saturated rings. The van der Waals surface area contributed by atoms with Gasteiger partial charge in [0.1, 0.15) is 0 Å². The van der Waals surface area contributed by atoms with E-state index in [0.29, 0.717) is 6.04 Å². The molecule has 2 aromatic rings. The Morgan fingerprint density at radius 1 is 1.33 bits per heavy atom. The molecule has 1 atom stereocenters. The van der Waals surface area contributed by atoms with Crippen molar-refractivity contribution in [2.45, 2.75) is 38.3 Å². The van der Waals surface area contributed by atoms with Crippen LogP contribution in [0.1, 0.15) is 48.4 Å². The molecule has 0 radical (unpaired) electrons. The normalized spacial score (nSPS) is 16.7. The Bertz CT molecular complexity index is 483. The molecule has 2 N–H and O–H groups in total. The lowest BCUT2D eigenvalue weighted by Crippen LogP contribution is -2.17. The van der Waals surface area contributed by atoms with Crippen molar-refractivity contribution in [3.8, 4) is 0 Å². The molecular formula is C15H19N3. The number of hydrogen-bond donors (Lipinski definition) is 2. The van der Waals surface area contributed by atoms with E-state index in [2.05, 4.69) is 46.7 Å². The quantitative estimate of drug-likeness (QED) is 0.844. The summed E-state index contributed by atoms with van der Waals surface area (Å²) >= 11 is 0. The van der Waals surface area contributed by atoms with Crippen molar-refractivity contribution in [2.24, 2.45) is 0 Å². The Morgan fingerprint density at radius 2 is 2.11 bits per heavy atom. The average molecular weight is 241 g/mol. The minimum atomic E-state index is 0.326. The summed E-state index contributed by atoms with van der Waals surface area (Å²) in [5, 5.41) is 10.3. The van der Waals surface area contributed by atoms with Gasteiger partial charge in [0.05, 0.1) is 6.20 Å². The van der Waals surface area contributed by atoms with Crippen LogP contribution in [0.2, 0.25) is 0 Å². The third kappa shape index (κ3) is 2.62. The molecule has 0 spiro atoms. The van der Waals surface area contributed by atoms with Crippen LogP contribution in [0.5, 0.6) is 0 Å². The van der Waals surface area contributed by atoms with Gasteiger partial charge in [-0.15, -0.1) is 0 Å². The van der Waals surface area contributed by atoms with E-state index in [9.17, 15) is 0 Å². The molecule has 1 saturated carbocycles. The third-order valence-corrected chi connectivity index (χ3v) is 3.66. The summed E-state index contributed by atoms with van der Waals surface area (Å²) in [6.45, 7) is 3.06. The van der Waals surface area contributed by atoms with E-state index in [1.165, 1.54) is 29.5 Å². The number of aromatic amines is 1. The highest BCUT2D eigenvalue weighted by Crippen LogP contribution is 2.39. The van der Waals surface area contributed by atoms with Gasteiger partial charge in [-0.05, 0) is 36.8 Å². The molecule has 1 heterocycles. The van der Waals surface area contributed by atoms with E-state index in [1.54, 1.807) is 0 Å². The first-order valence-corrected chi connectivity index (χ1v) is 6.64. The van der Waals surface area contributed by atoms with Crippen LogP contribution in [-0.4, -0.2) is 10.2 Å². The number of hydrogen-bond acceptors (Lipinski definition) is 2. The smallest absolute Gasteiger partial charge is 0.0534 e. The largest absolute Gasteiger partial charge is 0.306 e. The molecule has 1 aliphatic carbocycles. The molecule has 1 aromatic carbocycles. The van der Waals surface area contributed by atoms with Crippen LogP contribution in [0.3, 0.4) is 0 Å². The fourth-order valence-corrected chi connectivity index (χ4v) is 2.21. The molecule has 3 rings (SSSR count). The van der Waals surface area contributed by atoms with Crippen LogP contribution in [0.25, 0.3) is 0 Å². The van der Waals surface area contributed by atoms with Gasteiger partial charge in [0, 0.05) is 24.3 Å². The molecule has 1 aliphatic rings. The number of benzene rings is 1. The van der Waals surface area contributed by atoms with Crippen LogP contribution in [-0.2, 0) is 6.54 Å². The lowest BCUT2D eigenvalue weighted by molar-refractivity contribution is 0.575. The number of aromatic nitrogens is 2. The Kier molecular flexibility index (Phi) is 3.15. The zero-order valence-corrected chi connectivity index (χ0v) is 10.7. The molecule has 0 aliphatic heterocycles. The fourth-order valence-electron chi connectivity index (χ4n) is 2.21. The molecule has 1 unspecified atom stereocenters. The van der Waals surface area contributed by atoms with E-state index in [-0.39, 0.29) is 0 Å². The highest BCUT2D eigenvalue weighted by molar-refractivity contribution is 5.28. The van der Waals surface area contributed by atoms with Crippen molar-refractivity contribution in [3.63, 3.8) is 0 Å². The van der Waals surface area contributed by atoms with Crippen LogP contribution in [0.4, 0.5) is 0 Å². The first-order chi connectivity index (χ1) is 8.83. The van der Waals surface area contributed by atoms with E-state index in [4.69, 9.17) is 0 Å². The molecule has 1 aromatic heterocycles. The van der Waals surface area contributed by atoms with Crippen molar-refractivity contribution >= 4 is 0 Å². The molecule has 3 nitrogen and oxygen atoms in total. The monoisotopic (exact) mass is 241 g/mol. The van der Waals surface area contributed by atoms with Crippen LogP contribution in [0.15, 0.2) is 36.7 Å². The SMILES string of the molecule is CC(NCc1ccc(C2CC2)cc1)c1cn[nH]c1.